The summed E-state index contributed by atoms with van der Waals surface area (Å²) < 4.78 is 0. The average Bonchev–Trinajstić information content (AvgIpc) is 2.64. The zero-order valence-electron chi connectivity index (χ0n) is 15.2. The lowest BCUT2D eigenvalue weighted by Gasteiger charge is -2.27. The van der Waals surface area contributed by atoms with Crippen LogP contribution < -0.4 is 5.56 Å². The molecule has 4 rings (SSSR count). The van der Waals surface area contributed by atoms with E-state index in [4.69, 9.17) is 4.98 Å². The van der Waals surface area contributed by atoms with Gasteiger partial charge in [-0.2, -0.15) is 0 Å². The van der Waals surface area contributed by atoms with Crippen LogP contribution in [0.4, 0.5) is 0 Å². The van der Waals surface area contributed by atoms with Crippen LogP contribution in [0, 0.1) is 13.8 Å². The topological polar surface area (TPSA) is 49.0 Å². The Labute approximate surface area is 153 Å². The first kappa shape index (κ1) is 16.7. The molecule has 1 aromatic heterocycles. The molecule has 132 valence electrons. The van der Waals surface area contributed by atoms with Crippen LogP contribution in [0.2, 0.25) is 0 Å². The van der Waals surface area contributed by atoms with Gasteiger partial charge < -0.3 is 4.98 Å². The molecule has 26 heavy (non-hydrogen) atoms. The maximum absolute atomic E-state index is 12.5. The smallest absolute Gasteiger partial charge is 0.254 e. The highest BCUT2D eigenvalue weighted by molar-refractivity contribution is 5.55. The van der Waals surface area contributed by atoms with Crippen molar-refractivity contribution in [1.29, 1.82) is 0 Å². The van der Waals surface area contributed by atoms with E-state index in [0.717, 1.165) is 36.3 Å². The monoisotopic (exact) mass is 345 g/mol. The van der Waals surface area contributed by atoms with E-state index in [-0.39, 0.29) is 5.56 Å². The Morgan fingerprint density at radius 1 is 1.00 bits per heavy atom. The summed E-state index contributed by atoms with van der Waals surface area (Å²) in [6.45, 7) is 6.63. The molecule has 0 amide bonds. The number of benzene rings is 2. The normalized spacial score (nSPS) is 14.2. The van der Waals surface area contributed by atoms with Crippen LogP contribution in [0.3, 0.4) is 0 Å². The standard InChI is InChI=1S/C22H23N3O/c1-15-3-7-17(8-4-15)13-25-12-11-19-20(14-25)23-21(24-22(19)26)18-9-5-16(2)6-10-18/h3-10H,11-14H2,1-2H3,(H,23,24,26). The van der Waals surface area contributed by atoms with Gasteiger partial charge in [0.25, 0.3) is 5.56 Å². The van der Waals surface area contributed by atoms with Gasteiger partial charge >= 0.3 is 0 Å². The molecule has 1 N–H and O–H groups in total. The molecule has 4 nitrogen and oxygen atoms in total. The minimum atomic E-state index is 0.000519. The number of hydrogen-bond donors (Lipinski definition) is 1. The number of nitrogens with zero attached hydrogens (tertiary/aromatic N) is 2. The van der Waals surface area contributed by atoms with E-state index in [9.17, 15) is 4.79 Å². The van der Waals surface area contributed by atoms with Gasteiger partial charge in [0.15, 0.2) is 0 Å². The maximum Gasteiger partial charge on any atom is 0.254 e. The minimum absolute atomic E-state index is 0.000519. The number of aromatic nitrogens is 2. The quantitative estimate of drug-likeness (QED) is 0.789. The molecule has 0 unspecified atom stereocenters. The van der Waals surface area contributed by atoms with E-state index < -0.39 is 0 Å². The second-order valence-electron chi connectivity index (χ2n) is 7.15. The summed E-state index contributed by atoms with van der Waals surface area (Å²) >= 11 is 0. The van der Waals surface area contributed by atoms with Gasteiger partial charge in [0.05, 0.1) is 5.69 Å². The molecule has 0 fully saturated rings. The fraction of sp³-hybridized carbons (Fsp3) is 0.273. The van der Waals surface area contributed by atoms with Crippen molar-refractivity contribution in [2.45, 2.75) is 33.4 Å². The van der Waals surface area contributed by atoms with Crippen LogP contribution in [-0.4, -0.2) is 21.4 Å². The molecule has 0 spiro atoms. The van der Waals surface area contributed by atoms with Gasteiger partial charge in [-0.15, -0.1) is 0 Å². The summed E-state index contributed by atoms with van der Waals surface area (Å²) in [4.78, 5) is 22.6. The maximum atomic E-state index is 12.5. The first-order valence-corrected chi connectivity index (χ1v) is 9.05. The van der Waals surface area contributed by atoms with Crippen molar-refractivity contribution < 1.29 is 0 Å². The largest absolute Gasteiger partial charge is 0.306 e. The minimum Gasteiger partial charge on any atom is -0.306 e. The highest BCUT2D eigenvalue weighted by Crippen LogP contribution is 2.20. The van der Waals surface area contributed by atoms with E-state index in [1.54, 1.807) is 0 Å². The predicted molar refractivity (Wildman–Crippen MR) is 104 cm³/mol. The third-order valence-electron chi connectivity index (χ3n) is 5.00. The van der Waals surface area contributed by atoms with Crippen LogP contribution in [0.25, 0.3) is 11.4 Å². The molecule has 0 atom stereocenters. The van der Waals surface area contributed by atoms with Crippen LogP contribution in [0.5, 0.6) is 0 Å². The number of nitrogens with one attached hydrogen (secondary N) is 1. The molecule has 0 bridgehead atoms. The Bertz CT molecular complexity index is 972. The molecular weight excluding hydrogens is 322 g/mol. The zero-order valence-corrected chi connectivity index (χ0v) is 15.2. The van der Waals surface area contributed by atoms with Crippen molar-refractivity contribution >= 4 is 0 Å². The molecule has 2 heterocycles. The third kappa shape index (κ3) is 3.46. The molecule has 0 saturated heterocycles. The van der Waals surface area contributed by atoms with Crippen molar-refractivity contribution in [1.82, 2.24) is 14.9 Å². The summed E-state index contributed by atoms with van der Waals surface area (Å²) in [7, 11) is 0. The second-order valence-corrected chi connectivity index (χ2v) is 7.15. The average molecular weight is 345 g/mol. The number of aryl methyl sites for hydroxylation is 2. The Morgan fingerprint density at radius 2 is 1.65 bits per heavy atom. The van der Waals surface area contributed by atoms with Gasteiger partial charge in [-0.1, -0.05) is 59.7 Å². The molecule has 3 aromatic rings. The SMILES string of the molecule is Cc1ccc(CN2CCc3c(nc(-c4ccc(C)cc4)[nH]c3=O)C2)cc1. The van der Waals surface area contributed by atoms with E-state index in [1.807, 2.05) is 24.3 Å². The fourth-order valence-electron chi connectivity index (χ4n) is 3.43. The van der Waals surface area contributed by atoms with Gasteiger partial charge in [0, 0.05) is 30.8 Å². The lowest BCUT2D eigenvalue weighted by atomic mass is 10.0. The van der Waals surface area contributed by atoms with Gasteiger partial charge in [0.1, 0.15) is 5.82 Å². The summed E-state index contributed by atoms with van der Waals surface area (Å²) in [5.74, 6) is 0.658. The van der Waals surface area contributed by atoms with Crippen molar-refractivity contribution in [2.75, 3.05) is 6.54 Å². The van der Waals surface area contributed by atoms with Crippen LogP contribution in [0.15, 0.2) is 53.3 Å². The predicted octanol–water partition coefficient (Wildman–Crippen LogP) is 3.61. The molecule has 0 aliphatic carbocycles. The molecule has 1 aliphatic heterocycles. The number of hydrogen-bond acceptors (Lipinski definition) is 3. The van der Waals surface area contributed by atoms with Crippen molar-refractivity contribution in [3.63, 3.8) is 0 Å². The molecule has 0 radical (unpaired) electrons. The van der Waals surface area contributed by atoms with E-state index in [2.05, 4.69) is 48.0 Å². The number of aromatic amines is 1. The first-order chi connectivity index (χ1) is 12.6. The third-order valence-corrected chi connectivity index (χ3v) is 5.00. The number of fused-ring (bicyclic) bond motifs is 1. The lowest BCUT2D eigenvalue weighted by Crippen LogP contribution is -2.35. The van der Waals surface area contributed by atoms with Gasteiger partial charge in [-0.25, -0.2) is 4.98 Å². The van der Waals surface area contributed by atoms with Crippen LogP contribution in [0.1, 0.15) is 27.9 Å². The number of H-pyrrole nitrogens is 1. The van der Waals surface area contributed by atoms with Crippen molar-refractivity contribution in [3.05, 3.63) is 86.8 Å². The van der Waals surface area contributed by atoms with E-state index in [1.165, 1.54) is 16.7 Å². The van der Waals surface area contributed by atoms with Crippen LogP contribution >= 0.6 is 0 Å². The Balaban J connectivity index is 1.60. The lowest BCUT2D eigenvalue weighted by molar-refractivity contribution is 0.240. The van der Waals surface area contributed by atoms with Crippen molar-refractivity contribution in [2.24, 2.45) is 0 Å². The fourth-order valence-corrected chi connectivity index (χ4v) is 3.43. The molecule has 1 aliphatic rings. The molecule has 4 heteroatoms. The van der Waals surface area contributed by atoms with Gasteiger partial charge in [-0.3, -0.25) is 9.69 Å². The molecular formula is C22H23N3O. The van der Waals surface area contributed by atoms with E-state index >= 15 is 0 Å². The first-order valence-electron chi connectivity index (χ1n) is 9.05. The van der Waals surface area contributed by atoms with Crippen molar-refractivity contribution in [3.8, 4) is 11.4 Å². The Hall–Kier alpha value is -2.72. The molecule has 0 saturated carbocycles. The van der Waals surface area contributed by atoms with Gasteiger partial charge in [-0.05, 0) is 25.8 Å². The Morgan fingerprint density at radius 3 is 2.35 bits per heavy atom. The molecule has 2 aromatic carbocycles. The highest BCUT2D eigenvalue weighted by Gasteiger charge is 2.21. The summed E-state index contributed by atoms with van der Waals surface area (Å²) in [6, 6.07) is 16.7. The summed E-state index contributed by atoms with van der Waals surface area (Å²) in [5, 5.41) is 0. The zero-order chi connectivity index (χ0) is 18.1. The van der Waals surface area contributed by atoms with Gasteiger partial charge in [0.2, 0.25) is 0 Å². The van der Waals surface area contributed by atoms with E-state index in [0.29, 0.717) is 12.4 Å². The highest BCUT2D eigenvalue weighted by atomic mass is 16.1. The second kappa shape index (κ2) is 6.89. The number of rotatable bonds is 3. The Kier molecular flexibility index (Phi) is 4.43. The summed E-state index contributed by atoms with van der Waals surface area (Å²) in [5.41, 5.74) is 6.45. The summed E-state index contributed by atoms with van der Waals surface area (Å²) in [6.07, 6.45) is 0.748. The van der Waals surface area contributed by atoms with Crippen LogP contribution in [-0.2, 0) is 19.5 Å².